The van der Waals surface area contributed by atoms with Gasteiger partial charge in [0.1, 0.15) is 23.3 Å². The predicted molar refractivity (Wildman–Crippen MR) is 136 cm³/mol. The van der Waals surface area contributed by atoms with E-state index in [0.29, 0.717) is 35.7 Å². The third-order valence-electron chi connectivity index (χ3n) is 6.13. The van der Waals surface area contributed by atoms with Crippen LogP contribution in [-0.4, -0.2) is 50.5 Å². The summed E-state index contributed by atoms with van der Waals surface area (Å²) in [6, 6.07) is 11.8. The van der Waals surface area contributed by atoms with Gasteiger partial charge in [0, 0.05) is 18.3 Å². The number of anilines is 2. The van der Waals surface area contributed by atoms with Crippen LogP contribution in [0.1, 0.15) is 39.5 Å². The Labute approximate surface area is 205 Å². The van der Waals surface area contributed by atoms with Crippen LogP contribution in [-0.2, 0) is 14.8 Å². The van der Waals surface area contributed by atoms with Crippen molar-refractivity contribution in [2.45, 2.75) is 60.9 Å². The molecule has 3 rings (SSSR count). The van der Waals surface area contributed by atoms with Gasteiger partial charge in [0.05, 0.1) is 16.1 Å². The lowest BCUT2D eigenvalue weighted by atomic mass is 9.89. The molecule has 0 bridgehead atoms. The monoisotopic (exact) mass is 507 g/mol. The Morgan fingerprint density at radius 3 is 2.59 bits per heavy atom. The summed E-state index contributed by atoms with van der Waals surface area (Å²) < 4.78 is 36.1. The predicted octanol–water partition coefficient (Wildman–Crippen LogP) is 3.97. The molecule has 1 heterocycles. The Morgan fingerprint density at radius 2 is 2.00 bits per heavy atom. The lowest BCUT2D eigenvalue weighted by Crippen LogP contribution is -2.52. The van der Waals surface area contributed by atoms with Gasteiger partial charge in [0.2, 0.25) is 10.0 Å². The highest BCUT2D eigenvalue weighted by Crippen LogP contribution is 2.43. The summed E-state index contributed by atoms with van der Waals surface area (Å²) in [4.78, 5) is 14.0. The normalized spacial score (nSPS) is 20.3. The Morgan fingerprint density at radius 1 is 1.29 bits per heavy atom. The van der Waals surface area contributed by atoms with Gasteiger partial charge in [0.15, 0.2) is 0 Å². The third kappa shape index (κ3) is 5.68. The molecule has 2 unspecified atom stereocenters. The number of ether oxygens (including phenoxy) is 1. The number of thioether (sulfide) groups is 1. The first kappa shape index (κ1) is 26.3. The first-order valence-corrected chi connectivity index (χ1v) is 14.1. The van der Waals surface area contributed by atoms with Gasteiger partial charge in [-0.15, -0.1) is 11.8 Å². The zero-order chi connectivity index (χ0) is 24.9. The van der Waals surface area contributed by atoms with Crippen LogP contribution in [0.3, 0.4) is 0 Å². The molecule has 34 heavy (non-hydrogen) atoms. The Kier molecular flexibility index (Phi) is 8.51. The second-order valence-corrected chi connectivity index (χ2v) is 11.0. The first-order chi connectivity index (χ1) is 16.2. The van der Waals surface area contributed by atoms with Gasteiger partial charge < -0.3 is 20.5 Å². The number of hydrogen-bond donors (Lipinski definition) is 3. The van der Waals surface area contributed by atoms with Gasteiger partial charge >= 0.3 is 5.97 Å². The van der Waals surface area contributed by atoms with Gasteiger partial charge in [-0.3, -0.25) is 4.79 Å². The molecule has 0 spiro atoms. The van der Waals surface area contributed by atoms with Crippen LogP contribution in [0.25, 0.3) is 0 Å². The zero-order valence-electron chi connectivity index (χ0n) is 19.8. The van der Waals surface area contributed by atoms with Gasteiger partial charge in [-0.25, -0.2) is 13.1 Å². The maximum atomic E-state index is 13.7. The summed E-state index contributed by atoms with van der Waals surface area (Å²) in [7, 11) is -3.90. The van der Waals surface area contributed by atoms with E-state index in [-0.39, 0.29) is 11.5 Å². The van der Waals surface area contributed by atoms with E-state index >= 15 is 0 Å². The number of carboxylic acids is 1. The van der Waals surface area contributed by atoms with Crippen molar-refractivity contribution in [3.63, 3.8) is 0 Å². The molecule has 0 aliphatic carbocycles. The average molecular weight is 508 g/mol. The van der Waals surface area contributed by atoms with Crippen LogP contribution in [0.5, 0.6) is 5.75 Å². The second kappa shape index (κ2) is 11.0. The highest BCUT2D eigenvalue weighted by atomic mass is 32.2. The van der Waals surface area contributed by atoms with Crippen molar-refractivity contribution in [2.24, 2.45) is 5.73 Å². The number of benzene rings is 2. The molecule has 0 fully saturated rings. The second-order valence-electron chi connectivity index (χ2n) is 8.49. The SMILES string of the molecule is CCCCC1(CC)CN(c2ccccc2)c2cc(SC)c(OCC(N)C(=O)O)cc2S(=O)(=O)N1. The van der Waals surface area contributed by atoms with Crippen LogP contribution < -0.4 is 20.1 Å². The highest BCUT2D eigenvalue weighted by molar-refractivity contribution is 7.98. The molecular weight excluding hydrogens is 474 g/mol. The van der Waals surface area contributed by atoms with Gasteiger partial charge in [-0.05, 0) is 37.3 Å². The fraction of sp³-hybridized carbons (Fsp3) is 0.458. The molecule has 10 heteroatoms. The third-order valence-corrected chi connectivity index (χ3v) is 8.49. The quantitative estimate of drug-likeness (QED) is 0.413. The van der Waals surface area contributed by atoms with Crippen LogP contribution in [0.4, 0.5) is 11.4 Å². The first-order valence-electron chi connectivity index (χ1n) is 11.4. The van der Waals surface area contributed by atoms with E-state index in [0.717, 1.165) is 18.5 Å². The summed E-state index contributed by atoms with van der Waals surface area (Å²) in [5.41, 5.74) is 6.41. The number of hydrogen-bond acceptors (Lipinski definition) is 7. The van der Waals surface area contributed by atoms with Crippen LogP contribution >= 0.6 is 11.8 Å². The van der Waals surface area contributed by atoms with Crippen LogP contribution in [0.15, 0.2) is 52.3 Å². The number of nitrogens with zero attached hydrogens (tertiary/aromatic N) is 1. The maximum Gasteiger partial charge on any atom is 0.324 e. The number of nitrogens with one attached hydrogen (secondary N) is 1. The number of carboxylic acid groups (broad SMARTS) is 1. The van der Waals surface area contributed by atoms with E-state index in [9.17, 15) is 13.2 Å². The number of unbranched alkanes of at least 4 members (excludes halogenated alkanes) is 1. The minimum atomic E-state index is -3.90. The summed E-state index contributed by atoms with van der Waals surface area (Å²) >= 11 is 1.40. The molecule has 0 aromatic heterocycles. The molecule has 8 nitrogen and oxygen atoms in total. The van der Waals surface area contributed by atoms with E-state index in [1.165, 1.54) is 17.8 Å². The molecule has 0 saturated heterocycles. The largest absolute Gasteiger partial charge is 0.490 e. The minimum Gasteiger partial charge on any atom is -0.490 e. The van der Waals surface area contributed by atoms with Crippen molar-refractivity contribution < 1.29 is 23.1 Å². The molecule has 2 aromatic rings. The number of nitrogens with two attached hydrogens (primary N) is 1. The number of rotatable bonds is 10. The van der Waals surface area contributed by atoms with E-state index in [2.05, 4.69) is 16.5 Å². The van der Waals surface area contributed by atoms with Crippen molar-refractivity contribution >= 4 is 39.1 Å². The molecule has 2 aromatic carbocycles. The van der Waals surface area contributed by atoms with Crippen molar-refractivity contribution in [2.75, 3.05) is 24.3 Å². The summed E-state index contributed by atoms with van der Waals surface area (Å²) in [6.07, 6.45) is 5.06. The highest BCUT2D eigenvalue weighted by Gasteiger charge is 2.41. The van der Waals surface area contributed by atoms with E-state index in [4.69, 9.17) is 15.6 Å². The molecule has 0 radical (unpaired) electrons. The number of para-hydroxylation sites is 1. The maximum absolute atomic E-state index is 13.7. The molecule has 1 aliphatic rings. The summed E-state index contributed by atoms with van der Waals surface area (Å²) in [5, 5.41) is 9.09. The number of sulfonamides is 1. The van der Waals surface area contributed by atoms with Crippen LogP contribution in [0, 0.1) is 0 Å². The van der Waals surface area contributed by atoms with E-state index in [1.807, 2.05) is 43.5 Å². The van der Waals surface area contributed by atoms with Gasteiger partial charge in [-0.1, -0.05) is 44.9 Å². The van der Waals surface area contributed by atoms with Crippen molar-refractivity contribution in [3.05, 3.63) is 42.5 Å². The summed E-state index contributed by atoms with van der Waals surface area (Å²) in [6.45, 7) is 4.31. The number of fused-ring (bicyclic) bond motifs is 1. The fourth-order valence-corrected chi connectivity index (χ4v) is 6.33. The smallest absolute Gasteiger partial charge is 0.324 e. The topological polar surface area (TPSA) is 122 Å². The lowest BCUT2D eigenvalue weighted by Gasteiger charge is -2.36. The lowest BCUT2D eigenvalue weighted by molar-refractivity contribution is -0.139. The fourth-order valence-electron chi connectivity index (χ4n) is 4.08. The van der Waals surface area contributed by atoms with Crippen molar-refractivity contribution in [1.29, 1.82) is 0 Å². The van der Waals surface area contributed by atoms with E-state index < -0.39 is 27.6 Å². The number of carbonyl (C=O) groups is 1. The van der Waals surface area contributed by atoms with Gasteiger partial charge in [-0.2, -0.15) is 0 Å². The average Bonchev–Trinajstić information content (AvgIpc) is 2.93. The molecule has 0 saturated carbocycles. The molecule has 0 amide bonds. The zero-order valence-corrected chi connectivity index (χ0v) is 21.4. The molecule has 4 N–H and O–H groups in total. The molecule has 1 aliphatic heterocycles. The van der Waals surface area contributed by atoms with Gasteiger partial charge in [0.25, 0.3) is 0 Å². The molecular formula is C24H33N3O5S2. The van der Waals surface area contributed by atoms with E-state index in [1.54, 1.807) is 6.07 Å². The van der Waals surface area contributed by atoms with Crippen LogP contribution in [0.2, 0.25) is 0 Å². The standard InChI is InChI=1S/C24H33N3O5S2/c1-4-6-12-24(5-2)16-27(17-10-8-7-9-11-17)19-13-21(33-3)20(32-15-18(25)23(28)29)14-22(19)34(30,31)26-24/h7-11,13-14,18,26H,4-6,12,15-16,25H2,1-3H3,(H,28,29). The minimum absolute atomic E-state index is 0.0971. The van der Waals surface area contributed by atoms with Crippen molar-refractivity contribution in [1.82, 2.24) is 4.72 Å². The van der Waals surface area contributed by atoms with Crippen molar-refractivity contribution in [3.8, 4) is 5.75 Å². The Balaban J connectivity index is 2.18. The Bertz CT molecular complexity index is 1110. The molecule has 2 atom stereocenters. The molecule has 186 valence electrons. The summed E-state index contributed by atoms with van der Waals surface area (Å²) in [5.74, 6) is -0.896. The number of aliphatic carboxylic acids is 1. The Hall–Kier alpha value is -2.27.